The van der Waals surface area contributed by atoms with Crippen molar-refractivity contribution in [3.8, 4) is 17.2 Å². The van der Waals surface area contributed by atoms with E-state index in [-0.39, 0.29) is 30.2 Å². The third-order valence-corrected chi connectivity index (χ3v) is 9.31. The lowest BCUT2D eigenvalue weighted by molar-refractivity contribution is -0.130. The van der Waals surface area contributed by atoms with Crippen LogP contribution in [-0.2, 0) is 11.3 Å². The second kappa shape index (κ2) is 14.0. The monoisotopic (exact) mass is 652 g/mol. The molecule has 234 valence electrons. The molecule has 0 fully saturated rings. The minimum absolute atomic E-state index is 0.0809. The molecule has 46 heavy (non-hydrogen) atoms. The van der Waals surface area contributed by atoms with E-state index in [1.807, 2.05) is 95.7 Å². The standard InChI is InChI=1S/C34H32N6O4S2/c1-22-6-4-7-25(18-22)39-31(20-35-33(42)30-8-5-17-45-30)36-37-34(39)46-21-32(41)40-29(24-11-15-27(44-3)16-12-24)19-28(38-40)23-9-13-26(43-2)14-10-23/h4-18,29H,19-21H2,1-3H3,(H,35,42). The molecule has 0 aliphatic carbocycles. The number of amides is 2. The molecule has 1 aliphatic heterocycles. The molecule has 3 aromatic carbocycles. The summed E-state index contributed by atoms with van der Waals surface area (Å²) in [4.78, 5) is 27.2. The average molecular weight is 653 g/mol. The number of ether oxygens (including phenoxy) is 2. The summed E-state index contributed by atoms with van der Waals surface area (Å²) in [6.45, 7) is 2.18. The Morgan fingerprint density at radius 3 is 2.37 bits per heavy atom. The summed E-state index contributed by atoms with van der Waals surface area (Å²) in [5, 5.41) is 20.6. The van der Waals surface area contributed by atoms with Gasteiger partial charge >= 0.3 is 0 Å². The number of aromatic nitrogens is 3. The van der Waals surface area contributed by atoms with Gasteiger partial charge in [-0.05, 0) is 83.6 Å². The maximum atomic E-state index is 13.9. The van der Waals surface area contributed by atoms with Crippen molar-refractivity contribution in [3.63, 3.8) is 0 Å². The number of rotatable bonds is 11. The number of nitrogens with zero attached hydrogens (tertiary/aromatic N) is 5. The molecule has 12 heteroatoms. The molecule has 0 radical (unpaired) electrons. The molecule has 0 spiro atoms. The summed E-state index contributed by atoms with van der Waals surface area (Å²) in [7, 11) is 3.25. The van der Waals surface area contributed by atoms with Gasteiger partial charge in [0, 0.05) is 12.1 Å². The number of thioether (sulfide) groups is 1. The van der Waals surface area contributed by atoms with E-state index in [1.165, 1.54) is 23.1 Å². The van der Waals surface area contributed by atoms with Crippen LogP contribution < -0.4 is 14.8 Å². The van der Waals surface area contributed by atoms with E-state index < -0.39 is 0 Å². The van der Waals surface area contributed by atoms with Gasteiger partial charge in [-0.1, -0.05) is 42.1 Å². The number of hydrazone groups is 1. The van der Waals surface area contributed by atoms with Gasteiger partial charge in [0.15, 0.2) is 11.0 Å². The van der Waals surface area contributed by atoms with Crippen molar-refractivity contribution in [1.29, 1.82) is 0 Å². The zero-order valence-electron chi connectivity index (χ0n) is 25.5. The van der Waals surface area contributed by atoms with Crippen LogP contribution in [0.3, 0.4) is 0 Å². The Morgan fingerprint density at radius 2 is 1.70 bits per heavy atom. The number of carbonyl (C=O) groups is 2. The molecular weight excluding hydrogens is 621 g/mol. The van der Waals surface area contributed by atoms with Crippen molar-refractivity contribution in [3.05, 3.63) is 118 Å². The molecule has 1 aliphatic rings. The molecule has 0 saturated carbocycles. The van der Waals surface area contributed by atoms with Crippen molar-refractivity contribution < 1.29 is 19.1 Å². The molecule has 1 atom stereocenters. The van der Waals surface area contributed by atoms with Crippen LogP contribution in [0.25, 0.3) is 5.69 Å². The highest BCUT2D eigenvalue weighted by atomic mass is 32.2. The summed E-state index contributed by atoms with van der Waals surface area (Å²) < 4.78 is 12.6. The summed E-state index contributed by atoms with van der Waals surface area (Å²) in [5.41, 5.74) is 4.60. The van der Waals surface area contributed by atoms with Crippen LogP contribution >= 0.6 is 23.1 Å². The Labute approximate surface area is 275 Å². The first-order valence-electron chi connectivity index (χ1n) is 14.6. The number of hydrogen-bond acceptors (Lipinski definition) is 9. The maximum absolute atomic E-state index is 13.9. The largest absolute Gasteiger partial charge is 0.497 e. The number of nitrogens with one attached hydrogen (secondary N) is 1. The second-order valence-electron chi connectivity index (χ2n) is 10.5. The Morgan fingerprint density at radius 1 is 0.957 bits per heavy atom. The molecule has 2 amide bonds. The number of thiophene rings is 1. The fourth-order valence-electron chi connectivity index (χ4n) is 5.17. The summed E-state index contributed by atoms with van der Waals surface area (Å²) in [5.74, 6) is 1.79. The zero-order valence-corrected chi connectivity index (χ0v) is 27.2. The highest BCUT2D eigenvalue weighted by Crippen LogP contribution is 2.35. The smallest absolute Gasteiger partial charge is 0.261 e. The van der Waals surface area contributed by atoms with Crippen LogP contribution in [0.1, 0.15) is 44.6 Å². The van der Waals surface area contributed by atoms with Gasteiger partial charge in [-0.15, -0.1) is 21.5 Å². The van der Waals surface area contributed by atoms with E-state index in [0.29, 0.717) is 22.3 Å². The quantitative estimate of drug-likeness (QED) is 0.173. The van der Waals surface area contributed by atoms with Gasteiger partial charge in [0.1, 0.15) is 11.5 Å². The normalized spacial score (nSPS) is 14.2. The Balaban J connectivity index is 1.25. The third kappa shape index (κ3) is 6.82. The van der Waals surface area contributed by atoms with Crippen molar-refractivity contribution in [1.82, 2.24) is 25.1 Å². The second-order valence-corrected chi connectivity index (χ2v) is 12.4. The van der Waals surface area contributed by atoms with E-state index >= 15 is 0 Å². The van der Waals surface area contributed by atoms with E-state index in [0.717, 1.165) is 39.6 Å². The minimum Gasteiger partial charge on any atom is -0.497 e. The molecular formula is C34H32N6O4S2. The van der Waals surface area contributed by atoms with Crippen LogP contribution in [0.5, 0.6) is 11.5 Å². The van der Waals surface area contributed by atoms with Crippen LogP contribution in [0.15, 0.2) is 101 Å². The first-order chi connectivity index (χ1) is 22.4. The molecule has 0 saturated heterocycles. The fourth-order valence-corrected chi connectivity index (χ4v) is 6.63. The van der Waals surface area contributed by atoms with Crippen LogP contribution in [0, 0.1) is 6.92 Å². The molecule has 6 rings (SSSR count). The van der Waals surface area contributed by atoms with Crippen molar-refractivity contribution >= 4 is 40.6 Å². The van der Waals surface area contributed by atoms with Crippen LogP contribution in [0.4, 0.5) is 0 Å². The van der Waals surface area contributed by atoms with Crippen molar-refractivity contribution in [2.24, 2.45) is 5.10 Å². The minimum atomic E-state index is -0.284. The lowest BCUT2D eigenvalue weighted by Gasteiger charge is -2.22. The SMILES string of the molecule is COc1ccc(C2=NN(C(=O)CSc3nnc(CNC(=O)c4cccs4)n3-c3cccc(C)c3)C(c3ccc(OC)cc3)C2)cc1. The van der Waals surface area contributed by atoms with E-state index in [9.17, 15) is 9.59 Å². The van der Waals surface area contributed by atoms with Gasteiger partial charge in [0.05, 0.1) is 43.1 Å². The number of hydrogen-bond donors (Lipinski definition) is 1. The van der Waals surface area contributed by atoms with Gasteiger partial charge in [0.25, 0.3) is 11.8 Å². The summed E-state index contributed by atoms with van der Waals surface area (Å²) in [6, 6.07) is 26.7. The zero-order chi connectivity index (χ0) is 32.0. The van der Waals surface area contributed by atoms with Gasteiger partial charge in [-0.2, -0.15) is 5.10 Å². The number of methoxy groups -OCH3 is 2. The molecule has 5 aromatic rings. The molecule has 2 aromatic heterocycles. The number of carbonyl (C=O) groups excluding carboxylic acids is 2. The average Bonchev–Trinajstić information content (AvgIpc) is 3.87. The van der Waals surface area contributed by atoms with Crippen molar-refractivity contribution in [2.45, 2.75) is 31.1 Å². The van der Waals surface area contributed by atoms with Gasteiger partial charge in [-0.25, -0.2) is 5.01 Å². The molecule has 3 heterocycles. The van der Waals surface area contributed by atoms with Gasteiger partial charge in [-0.3, -0.25) is 14.2 Å². The lowest BCUT2D eigenvalue weighted by Crippen LogP contribution is -2.28. The highest BCUT2D eigenvalue weighted by molar-refractivity contribution is 7.99. The molecule has 0 bridgehead atoms. The topological polar surface area (TPSA) is 111 Å². The first-order valence-corrected chi connectivity index (χ1v) is 16.4. The predicted octanol–water partition coefficient (Wildman–Crippen LogP) is 6.05. The van der Waals surface area contributed by atoms with E-state index in [2.05, 4.69) is 15.5 Å². The molecule has 10 nitrogen and oxygen atoms in total. The summed E-state index contributed by atoms with van der Waals surface area (Å²) >= 11 is 2.66. The lowest BCUT2D eigenvalue weighted by atomic mass is 9.98. The van der Waals surface area contributed by atoms with Crippen molar-refractivity contribution in [2.75, 3.05) is 20.0 Å². The summed E-state index contributed by atoms with van der Waals surface area (Å²) in [6.07, 6.45) is 0.558. The third-order valence-electron chi connectivity index (χ3n) is 7.53. The van der Waals surface area contributed by atoms with Crippen LogP contribution in [0.2, 0.25) is 0 Å². The molecule has 1 N–H and O–H groups in total. The van der Waals surface area contributed by atoms with E-state index in [1.54, 1.807) is 25.3 Å². The van der Waals surface area contributed by atoms with Crippen LogP contribution in [-0.4, -0.2) is 57.3 Å². The Hall–Kier alpha value is -4.94. The number of aryl methyl sites for hydroxylation is 1. The van der Waals surface area contributed by atoms with E-state index in [4.69, 9.17) is 14.6 Å². The maximum Gasteiger partial charge on any atom is 0.261 e. The molecule has 1 unspecified atom stereocenters. The first kappa shape index (κ1) is 31.1. The Kier molecular flexibility index (Phi) is 9.46. The fraction of sp³-hybridized carbons (Fsp3) is 0.206. The highest BCUT2D eigenvalue weighted by Gasteiger charge is 2.33. The Bertz CT molecular complexity index is 1850. The van der Waals surface area contributed by atoms with Gasteiger partial charge < -0.3 is 14.8 Å². The predicted molar refractivity (Wildman–Crippen MR) is 179 cm³/mol. The number of benzene rings is 3. The van der Waals surface area contributed by atoms with Gasteiger partial charge in [0.2, 0.25) is 0 Å².